The monoisotopic (exact) mass is 371 g/mol. The molecule has 1 aliphatic heterocycles. The fourth-order valence-electron chi connectivity index (χ4n) is 2.64. The number of carbonyl (C=O) groups is 2. The van der Waals surface area contributed by atoms with Crippen molar-refractivity contribution in [3.8, 4) is 11.5 Å². The van der Waals surface area contributed by atoms with Gasteiger partial charge in [0.05, 0.1) is 0 Å². The number of nitrogens with two attached hydrogens (primary N) is 1. The topological polar surface area (TPSA) is 93.5 Å². The Kier molecular flexibility index (Phi) is 6.14. The molecule has 1 unspecified atom stereocenters. The summed E-state index contributed by atoms with van der Waals surface area (Å²) < 4.78 is 5.72. The largest absolute Gasteiger partial charge is 0.457 e. The van der Waals surface area contributed by atoms with Crippen LogP contribution in [0.25, 0.3) is 0 Å². The molecule has 7 heteroatoms. The van der Waals surface area contributed by atoms with Gasteiger partial charge in [-0.25, -0.2) is 0 Å². The van der Waals surface area contributed by atoms with Gasteiger partial charge in [0.2, 0.25) is 11.8 Å². The zero-order valence-electron chi connectivity index (χ0n) is 14.2. The molecule has 1 aliphatic rings. The molecular weight excluding hydrogens is 350 g/mol. The van der Waals surface area contributed by atoms with Crippen molar-refractivity contribution in [1.29, 1.82) is 0 Å². The molecule has 0 radical (unpaired) electrons. The Labute approximate surface area is 156 Å². The van der Waals surface area contributed by atoms with Crippen molar-refractivity contribution in [1.82, 2.24) is 5.32 Å². The van der Waals surface area contributed by atoms with Crippen LogP contribution in [0.4, 0.5) is 5.69 Å². The third-order valence-corrected chi connectivity index (χ3v) is 5.05. The van der Waals surface area contributed by atoms with Gasteiger partial charge in [-0.3, -0.25) is 9.59 Å². The van der Waals surface area contributed by atoms with Gasteiger partial charge in [0.15, 0.2) is 0 Å². The van der Waals surface area contributed by atoms with Crippen LogP contribution in [0.1, 0.15) is 16.8 Å². The Bertz CT molecular complexity index is 774. The molecule has 1 atom stereocenters. The normalized spacial score (nSPS) is 16.7. The summed E-state index contributed by atoms with van der Waals surface area (Å²) in [6, 6.07) is 14.0. The van der Waals surface area contributed by atoms with E-state index in [1.165, 1.54) is 0 Å². The first kappa shape index (κ1) is 18.3. The van der Waals surface area contributed by atoms with Crippen LogP contribution >= 0.6 is 11.8 Å². The Morgan fingerprint density at radius 2 is 2.00 bits per heavy atom. The number of nitrogens with one attached hydrogen (secondary N) is 2. The summed E-state index contributed by atoms with van der Waals surface area (Å²) in [5.41, 5.74) is 6.38. The second kappa shape index (κ2) is 8.73. The summed E-state index contributed by atoms with van der Waals surface area (Å²) >= 11 is 1.87. The number of benzene rings is 2. The lowest BCUT2D eigenvalue weighted by molar-refractivity contribution is -0.116. The van der Waals surface area contributed by atoms with Gasteiger partial charge in [-0.05, 0) is 42.5 Å². The molecule has 0 saturated carbocycles. The summed E-state index contributed by atoms with van der Waals surface area (Å²) in [6.07, 6.45) is 0.463. The Morgan fingerprint density at radius 3 is 2.69 bits per heavy atom. The summed E-state index contributed by atoms with van der Waals surface area (Å²) in [5.74, 6) is 2.69. The second-order valence-electron chi connectivity index (χ2n) is 6.00. The van der Waals surface area contributed by atoms with E-state index in [1.54, 1.807) is 48.5 Å². The summed E-state index contributed by atoms with van der Waals surface area (Å²) in [6.45, 7) is 0.950. The number of rotatable bonds is 6. The zero-order chi connectivity index (χ0) is 18.4. The number of carbonyl (C=O) groups excluding carboxylic acids is 2. The van der Waals surface area contributed by atoms with Crippen molar-refractivity contribution >= 4 is 29.3 Å². The van der Waals surface area contributed by atoms with E-state index in [0.717, 1.165) is 23.7 Å². The van der Waals surface area contributed by atoms with E-state index in [4.69, 9.17) is 10.5 Å². The molecule has 3 rings (SSSR count). The summed E-state index contributed by atoms with van der Waals surface area (Å²) in [4.78, 5) is 23.3. The molecule has 1 saturated heterocycles. The molecule has 2 amide bonds. The first-order valence-corrected chi connectivity index (χ1v) is 9.54. The molecule has 26 heavy (non-hydrogen) atoms. The SMILES string of the molecule is NC(=O)c1cccc(Oc2ccc(NC(=O)CC3CSCCN3)cc2)c1. The highest BCUT2D eigenvalue weighted by Crippen LogP contribution is 2.24. The van der Waals surface area contributed by atoms with Crippen LogP contribution < -0.4 is 21.1 Å². The molecule has 0 aromatic heterocycles. The minimum absolute atomic E-state index is 0.00664. The Balaban J connectivity index is 1.55. The van der Waals surface area contributed by atoms with E-state index in [0.29, 0.717) is 23.5 Å². The maximum atomic E-state index is 12.1. The minimum Gasteiger partial charge on any atom is -0.457 e. The van der Waals surface area contributed by atoms with E-state index < -0.39 is 5.91 Å². The van der Waals surface area contributed by atoms with Gasteiger partial charge < -0.3 is 21.1 Å². The minimum atomic E-state index is -0.501. The van der Waals surface area contributed by atoms with E-state index in [9.17, 15) is 9.59 Å². The van der Waals surface area contributed by atoms with Crippen molar-refractivity contribution in [3.05, 3.63) is 54.1 Å². The highest BCUT2D eigenvalue weighted by Gasteiger charge is 2.16. The fourth-order valence-corrected chi connectivity index (χ4v) is 3.59. The molecular formula is C19H21N3O3S. The Hall–Kier alpha value is -2.51. The number of amides is 2. The molecule has 2 aromatic carbocycles. The maximum absolute atomic E-state index is 12.1. The molecule has 0 bridgehead atoms. The number of ether oxygens (including phenoxy) is 1. The Morgan fingerprint density at radius 1 is 1.19 bits per heavy atom. The number of primary amides is 1. The van der Waals surface area contributed by atoms with Crippen LogP contribution in [-0.4, -0.2) is 35.9 Å². The van der Waals surface area contributed by atoms with Gasteiger partial charge in [0.25, 0.3) is 0 Å². The van der Waals surface area contributed by atoms with Crippen molar-refractivity contribution in [2.45, 2.75) is 12.5 Å². The number of hydrogen-bond acceptors (Lipinski definition) is 5. The van der Waals surface area contributed by atoms with Crippen molar-refractivity contribution in [3.63, 3.8) is 0 Å². The molecule has 6 nitrogen and oxygen atoms in total. The molecule has 136 valence electrons. The number of hydrogen-bond donors (Lipinski definition) is 3. The average molecular weight is 371 g/mol. The second-order valence-corrected chi connectivity index (χ2v) is 7.15. The van der Waals surface area contributed by atoms with Gasteiger partial charge >= 0.3 is 0 Å². The van der Waals surface area contributed by atoms with Crippen LogP contribution in [0.15, 0.2) is 48.5 Å². The average Bonchev–Trinajstić information content (AvgIpc) is 2.64. The van der Waals surface area contributed by atoms with Crippen LogP contribution in [0, 0.1) is 0 Å². The van der Waals surface area contributed by atoms with Gasteiger partial charge in [-0.1, -0.05) is 6.07 Å². The number of anilines is 1. The van der Waals surface area contributed by atoms with E-state index in [2.05, 4.69) is 10.6 Å². The smallest absolute Gasteiger partial charge is 0.248 e. The van der Waals surface area contributed by atoms with Crippen molar-refractivity contribution < 1.29 is 14.3 Å². The lowest BCUT2D eigenvalue weighted by Gasteiger charge is -2.22. The predicted octanol–water partition coefficient (Wildman–Crippen LogP) is 2.61. The third-order valence-electron chi connectivity index (χ3n) is 3.92. The zero-order valence-corrected chi connectivity index (χ0v) is 15.1. The first-order valence-electron chi connectivity index (χ1n) is 8.39. The molecule has 1 heterocycles. The quantitative estimate of drug-likeness (QED) is 0.726. The standard InChI is InChI=1S/C19H21N3O3S/c20-19(24)13-2-1-3-17(10-13)25-16-6-4-14(5-7-16)22-18(23)11-15-12-26-9-8-21-15/h1-7,10,15,21H,8-9,11-12H2,(H2,20,24)(H,22,23). The fraction of sp³-hybridized carbons (Fsp3) is 0.263. The highest BCUT2D eigenvalue weighted by molar-refractivity contribution is 7.99. The molecule has 2 aromatic rings. The predicted molar refractivity (Wildman–Crippen MR) is 104 cm³/mol. The van der Waals surface area contributed by atoms with Crippen LogP contribution in [0.2, 0.25) is 0 Å². The van der Waals surface area contributed by atoms with Gasteiger partial charge in [-0.2, -0.15) is 11.8 Å². The van der Waals surface area contributed by atoms with Crippen molar-refractivity contribution in [2.24, 2.45) is 5.73 Å². The summed E-state index contributed by atoms with van der Waals surface area (Å²) in [5, 5.41) is 6.25. The summed E-state index contributed by atoms with van der Waals surface area (Å²) in [7, 11) is 0. The van der Waals surface area contributed by atoms with E-state index in [1.807, 2.05) is 11.8 Å². The van der Waals surface area contributed by atoms with Gasteiger partial charge in [-0.15, -0.1) is 0 Å². The van der Waals surface area contributed by atoms with E-state index in [-0.39, 0.29) is 11.9 Å². The lowest BCUT2D eigenvalue weighted by Crippen LogP contribution is -2.39. The molecule has 1 fully saturated rings. The van der Waals surface area contributed by atoms with Crippen molar-refractivity contribution in [2.75, 3.05) is 23.4 Å². The van der Waals surface area contributed by atoms with Crippen LogP contribution in [0.5, 0.6) is 11.5 Å². The molecule has 0 spiro atoms. The maximum Gasteiger partial charge on any atom is 0.248 e. The third kappa shape index (κ3) is 5.24. The van der Waals surface area contributed by atoms with E-state index >= 15 is 0 Å². The van der Waals surface area contributed by atoms with Gasteiger partial charge in [0.1, 0.15) is 11.5 Å². The molecule has 0 aliphatic carbocycles. The number of thioether (sulfide) groups is 1. The lowest BCUT2D eigenvalue weighted by atomic mass is 10.2. The van der Waals surface area contributed by atoms with Crippen LogP contribution in [0.3, 0.4) is 0 Å². The first-order chi connectivity index (χ1) is 12.6. The van der Waals surface area contributed by atoms with Crippen LogP contribution in [-0.2, 0) is 4.79 Å². The van der Waals surface area contributed by atoms with Gasteiger partial charge in [0, 0.05) is 41.8 Å². The molecule has 4 N–H and O–H groups in total. The highest BCUT2D eigenvalue weighted by atomic mass is 32.2.